The summed E-state index contributed by atoms with van der Waals surface area (Å²) in [6, 6.07) is 0. The number of amides is 2. The van der Waals surface area contributed by atoms with E-state index < -0.39 is 0 Å². The van der Waals surface area contributed by atoms with Gasteiger partial charge in [0.15, 0.2) is 0 Å². The number of hydrogen-bond donors (Lipinski definition) is 0. The highest BCUT2D eigenvalue weighted by Gasteiger charge is 2.24. The minimum atomic E-state index is -0.276. The van der Waals surface area contributed by atoms with Crippen molar-refractivity contribution in [1.29, 1.82) is 0 Å². The zero-order valence-electron chi connectivity index (χ0n) is 11.2. The van der Waals surface area contributed by atoms with Crippen LogP contribution in [0.15, 0.2) is 0 Å². The minimum absolute atomic E-state index is 0.0310. The van der Waals surface area contributed by atoms with Crippen LogP contribution in [0.1, 0.15) is 19.8 Å². The van der Waals surface area contributed by atoms with Gasteiger partial charge in [-0.25, -0.2) is 4.79 Å². The van der Waals surface area contributed by atoms with Crippen LogP contribution in [0.4, 0.5) is 4.79 Å². The summed E-state index contributed by atoms with van der Waals surface area (Å²) >= 11 is 0. The monoisotopic (exact) mass is 258 g/mol. The highest BCUT2D eigenvalue weighted by Crippen LogP contribution is 2.05. The van der Waals surface area contributed by atoms with Gasteiger partial charge >= 0.3 is 6.09 Å². The largest absolute Gasteiger partial charge is 0.449 e. The van der Waals surface area contributed by atoms with Crippen LogP contribution in [0.25, 0.3) is 0 Å². The number of nitrogens with zero attached hydrogens (tertiary/aromatic N) is 2. The van der Waals surface area contributed by atoms with Crippen LogP contribution in [0.3, 0.4) is 0 Å². The molecule has 1 rings (SSSR count). The summed E-state index contributed by atoms with van der Waals surface area (Å²) < 4.78 is 9.92. The molecule has 0 aromatic rings. The van der Waals surface area contributed by atoms with Crippen LogP contribution in [-0.2, 0) is 14.3 Å². The Morgan fingerprint density at radius 1 is 1.11 bits per heavy atom. The van der Waals surface area contributed by atoms with Crippen LogP contribution in [0.5, 0.6) is 0 Å². The van der Waals surface area contributed by atoms with Crippen LogP contribution < -0.4 is 0 Å². The van der Waals surface area contributed by atoms with E-state index in [1.807, 2.05) is 6.92 Å². The molecule has 2 amide bonds. The Bertz CT molecular complexity index is 275. The molecule has 0 aromatic carbocycles. The SMILES string of the molecule is CCCCOC(=O)N1CCN(C(=O)COC)CC1. The Hall–Kier alpha value is -1.30. The fourth-order valence-electron chi connectivity index (χ4n) is 1.75. The van der Waals surface area contributed by atoms with Crippen LogP contribution in [0, 0.1) is 0 Å². The molecule has 0 atom stereocenters. The van der Waals surface area contributed by atoms with Crippen LogP contribution in [0.2, 0.25) is 0 Å². The van der Waals surface area contributed by atoms with Crippen molar-refractivity contribution in [2.45, 2.75) is 19.8 Å². The number of rotatable bonds is 5. The van der Waals surface area contributed by atoms with Gasteiger partial charge in [-0.2, -0.15) is 0 Å². The van der Waals surface area contributed by atoms with Crippen molar-refractivity contribution in [2.75, 3.05) is 46.5 Å². The van der Waals surface area contributed by atoms with Gasteiger partial charge in [0.05, 0.1) is 6.61 Å². The summed E-state index contributed by atoms with van der Waals surface area (Å²) in [6.07, 6.45) is 1.62. The number of carbonyl (C=O) groups is 2. The number of methoxy groups -OCH3 is 1. The second-order valence-corrected chi connectivity index (χ2v) is 4.27. The van der Waals surface area contributed by atoms with Crippen LogP contribution >= 0.6 is 0 Å². The predicted molar refractivity (Wildman–Crippen MR) is 66.3 cm³/mol. The summed E-state index contributed by atoms with van der Waals surface area (Å²) in [5, 5.41) is 0. The Morgan fingerprint density at radius 2 is 1.72 bits per heavy atom. The van der Waals surface area contributed by atoms with Gasteiger partial charge in [0.25, 0.3) is 0 Å². The molecule has 0 saturated carbocycles. The van der Waals surface area contributed by atoms with Gasteiger partial charge in [-0.3, -0.25) is 4.79 Å². The van der Waals surface area contributed by atoms with Gasteiger partial charge in [0.2, 0.25) is 5.91 Å². The maximum atomic E-state index is 11.7. The number of unbranched alkanes of at least 4 members (excludes halogenated alkanes) is 1. The normalized spacial score (nSPS) is 15.7. The molecule has 1 aliphatic heterocycles. The first-order chi connectivity index (χ1) is 8.69. The molecule has 6 nitrogen and oxygen atoms in total. The molecular formula is C12H22N2O4. The predicted octanol–water partition coefficient (Wildman–Crippen LogP) is 0.714. The van der Waals surface area contributed by atoms with E-state index in [0.29, 0.717) is 32.8 Å². The lowest BCUT2D eigenvalue weighted by molar-refractivity contribution is -0.136. The minimum Gasteiger partial charge on any atom is -0.449 e. The lowest BCUT2D eigenvalue weighted by Crippen LogP contribution is -2.51. The van der Waals surface area contributed by atoms with Gasteiger partial charge in [-0.05, 0) is 6.42 Å². The van der Waals surface area contributed by atoms with E-state index in [2.05, 4.69) is 0 Å². The fraction of sp³-hybridized carbons (Fsp3) is 0.833. The second-order valence-electron chi connectivity index (χ2n) is 4.27. The van der Waals surface area contributed by atoms with Crippen LogP contribution in [-0.4, -0.2) is 68.3 Å². The molecule has 0 bridgehead atoms. The van der Waals surface area contributed by atoms with Crippen molar-refractivity contribution in [3.8, 4) is 0 Å². The first-order valence-electron chi connectivity index (χ1n) is 6.37. The summed E-state index contributed by atoms with van der Waals surface area (Å²) in [5.74, 6) is -0.0310. The topological polar surface area (TPSA) is 59.1 Å². The molecule has 1 aliphatic rings. The highest BCUT2D eigenvalue weighted by atomic mass is 16.6. The van der Waals surface area contributed by atoms with Gasteiger partial charge < -0.3 is 19.3 Å². The van der Waals surface area contributed by atoms with E-state index in [4.69, 9.17) is 9.47 Å². The van der Waals surface area contributed by atoms with Crippen molar-refractivity contribution in [2.24, 2.45) is 0 Å². The number of piperazine rings is 1. The second kappa shape index (κ2) is 7.92. The summed E-state index contributed by atoms with van der Waals surface area (Å²) in [4.78, 5) is 26.6. The van der Waals surface area contributed by atoms with E-state index in [0.717, 1.165) is 12.8 Å². The highest BCUT2D eigenvalue weighted by molar-refractivity contribution is 5.78. The number of hydrogen-bond acceptors (Lipinski definition) is 4. The average Bonchev–Trinajstić information content (AvgIpc) is 2.39. The molecule has 104 valence electrons. The zero-order valence-corrected chi connectivity index (χ0v) is 11.2. The Morgan fingerprint density at radius 3 is 2.28 bits per heavy atom. The van der Waals surface area contributed by atoms with E-state index in [1.54, 1.807) is 9.80 Å². The van der Waals surface area contributed by atoms with E-state index in [9.17, 15) is 9.59 Å². The molecule has 1 saturated heterocycles. The van der Waals surface area contributed by atoms with E-state index in [1.165, 1.54) is 7.11 Å². The van der Waals surface area contributed by atoms with Crippen molar-refractivity contribution in [3.63, 3.8) is 0 Å². The smallest absolute Gasteiger partial charge is 0.409 e. The molecule has 0 aliphatic carbocycles. The Kier molecular flexibility index (Phi) is 6.49. The average molecular weight is 258 g/mol. The fourth-order valence-corrected chi connectivity index (χ4v) is 1.75. The molecule has 0 unspecified atom stereocenters. The third kappa shape index (κ3) is 4.52. The zero-order chi connectivity index (χ0) is 13.4. The molecule has 6 heteroatoms. The quantitative estimate of drug-likeness (QED) is 0.682. The van der Waals surface area contributed by atoms with Crippen molar-refractivity contribution in [1.82, 2.24) is 9.80 Å². The summed E-state index contributed by atoms with van der Waals surface area (Å²) in [6.45, 7) is 4.77. The lowest BCUT2D eigenvalue weighted by Gasteiger charge is -2.33. The molecule has 0 aromatic heterocycles. The Labute approximate surface area is 108 Å². The maximum Gasteiger partial charge on any atom is 0.409 e. The summed E-state index contributed by atoms with van der Waals surface area (Å²) in [7, 11) is 1.50. The molecule has 0 N–H and O–H groups in total. The molecule has 0 spiro atoms. The molecule has 18 heavy (non-hydrogen) atoms. The number of ether oxygens (including phenoxy) is 2. The third-order valence-corrected chi connectivity index (χ3v) is 2.88. The number of carbonyl (C=O) groups excluding carboxylic acids is 2. The van der Waals surface area contributed by atoms with Gasteiger partial charge in [-0.15, -0.1) is 0 Å². The van der Waals surface area contributed by atoms with Crippen molar-refractivity contribution >= 4 is 12.0 Å². The first-order valence-corrected chi connectivity index (χ1v) is 6.37. The molecule has 0 radical (unpaired) electrons. The van der Waals surface area contributed by atoms with Gasteiger partial charge in [0.1, 0.15) is 6.61 Å². The standard InChI is InChI=1S/C12H22N2O4/c1-3-4-9-18-12(16)14-7-5-13(6-8-14)11(15)10-17-2/h3-10H2,1-2H3. The van der Waals surface area contributed by atoms with Gasteiger partial charge in [-0.1, -0.05) is 13.3 Å². The molecular weight excluding hydrogens is 236 g/mol. The van der Waals surface area contributed by atoms with E-state index in [-0.39, 0.29) is 18.6 Å². The van der Waals surface area contributed by atoms with Crippen molar-refractivity contribution in [3.05, 3.63) is 0 Å². The van der Waals surface area contributed by atoms with E-state index >= 15 is 0 Å². The molecule has 1 fully saturated rings. The molecule has 1 heterocycles. The lowest BCUT2D eigenvalue weighted by atomic mass is 10.3. The van der Waals surface area contributed by atoms with Gasteiger partial charge in [0, 0.05) is 33.3 Å². The first kappa shape index (κ1) is 14.8. The maximum absolute atomic E-state index is 11.7. The van der Waals surface area contributed by atoms with Crippen molar-refractivity contribution < 1.29 is 19.1 Å². The summed E-state index contributed by atoms with van der Waals surface area (Å²) in [5.41, 5.74) is 0. The third-order valence-electron chi connectivity index (χ3n) is 2.88. The Balaban J connectivity index is 2.26.